The number of fused-ring (bicyclic) bond motifs is 3. The lowest BCUT2D eigenvalue weighted by atomic mass is 9.86. The zero-order chi connectivity index (χ0) is 18.1. The predicted molar refractivity (Wildman–Crippen MR) is 99.9 cm³/mol. The molecule has 0 radical (unpaired) electrons. The number of carbonyl (C=O) groups is 2. The van der Waals surface area contributed by atoms with Crippen LogP contribution in [-0.2, 0) is 9.59 Å². The van der Waals surface area contributed by atoms with Crippen LogP contribution in [0, 0.1) is 5.92 Å². The Kier molecular flexibility index (Phi) is 4.49. The fraction of sp³-hybridized carbons (Fsp3) is 0.364. The Balaban J connectivity index is 1.68. The lowest BCUT2D eigenvalue weighted by Gasteiger charge is -2.27. The van der Waals surface area contributed by atoms with E-state index < -0.39 is 12.0 Å². The topological polar surface area (TPSA) is 66.4 Å². The summed E-state index contributed by atoms with van der Waals surface area (Å²) < 4.78 is 0. The fourth-order valence-electron chi connectivity index (χ4n) is 4.48. The van der Waals surface area contributed by atoms with Crippen molar-refractivity contribution in [1.29, 1.82) is 0 Å². The molecule has 2 aromatic rings. The van der Waals surface area contributed by atoms with Gasteiger partial charge in [-0.15, -0.1) is 0 Å². The normalized spacial score (nSPS) is 18.0. The Morgan fingerprint density at radius 1 is 0.885 bits per heavy atom. The van der Waals surface area contributed by atoms with Gasteiger partial charge in [-0.2, -0.15) is 0 Å². The van der Waals surface area contributed by atoms with E-state index in [0.717, 1.165) is 54.4 Å². The molecule has 4 nitrogen and oxygen atoms in total. The zero-order valence-electron chi connectivity index (χ0n) is 14.7. The van der Waals surface area contributed by atoms with Crippen LogP contribution in [0.4, 0.5) is 0 Å². The van der Waals surface area contributed by atoms with Crippen LogP contribution in [0.25, 0.3) is 11.1 Å². The summed E-state index contributed by atoms with van der Waals surface area (Å²) in [4.78, 5) is 24.8. The number of carboxylic acid groups (broad SMARTS) is 1. The second-order valence-corrected chi connectivity index (χ2v) is 7.31. The summed E-state index contributed by atoms with van der Waals surface area (Å²) in [6.07, 6.45) is 4.97. The van der Waals surface area contributed by atoms with Gasteiger partial charge in [-0.25, -0.2) is 4.79 Å². The zero-order valence-corrected chi connectivity index (χ0v) is 14.7. The second kappa shape index (κ2) is 6.94. The fourth-order valence-corrected chi connectivity index (χ4v) is 4.48. The molecular formula is C22H23NO3. The van der Waals surface area contributed by atoms with Crippen molar-refractivity contribution in [3.63, 3.8) is 0 Å². The van der Waals surface area contributed by atoms with E-state index in [4.69, 9.17) is 0 Å². The molecule has 2 aliphatic rings. The van der Waals surface area contributed by atoms with E-state index in [-0.39, 0.29) is 17.7 Å². The Bertz CT molecular complexity index is 793. The van der Waals surface area contributed by atoms with Crippen LogP contribution >= 0.6 is 0 Å². The maximum Gasteiger partial charge on any atom is 0.327 e. The van der Waals surface area contributed by atoms with Gasteiger partial charge in [0.2, 0.25) is 5.91 Å². The molecule has 134 valence electrons. The Hall–Kier alpha value is -2.62. The molecule has 1 amide bonds. The average molecular weight is 349 g/mol. The molecule has 0 bridgehead atoms. The Morgan fingerprint density at radius 3 is 1.96 bits per heavy atom. The summed E-state index contributed by atoms with van der Waals surface area (Å²) in [6.45, 7) is 0. The highest BCUT2D eigenvalue weighted by atomic mass is 16.4. The van der Waals surface area contributed by atoms with Crippen LogP contribution in [0.1, 0.15) is 49.1 Å². The highest BCUT2D eigenvalue weighted by molar-refractivity contribution is 5.89. The molecule has 0 saturated heterocycles. The molecule has 2 aliphatic carbocycles. The molecule has 0 unspecified atom stereocenters. The molecule has 0 aliphatic heterocycles. The van der Waals surface area contributed by atoms with Crippen LogP contribution in [-0.4, -0.2) is 23.0 Å². The van der Waals surface area contributed by atoms with Crippen molar-refractivity contribution >= 4 is 11.9 Å². The lowest BCUT2D eigenvalue weighted by molar-refractivity contribution is -0.143. The Labute approximate surface area is 153 Å². The molecule has 4 rings (SSSR count). The number of hydrogen-bond acceptors (Lipinski definition) is 2. The van der Waals surface area contributed by atoms with Gasteiger partial charge in [-0.1, -0.05) is 67.8 Å². The maximum absolute atomic E-state index is 12.7. The van der Waals surface area contributed by atoms with Crippen molar-refractivity contribution in [3.8, 4) is 11.1 Å². The minimum Gasteiger partial charge on any atom is -0.480 e. The molecule has 2 N–H and O–H groups in total. The van der Waals surface area contributed by atoms with E-state index in [1.165, 1.54) is 0 Å². The Morgan fingerprint density at radius 2 is 1.42 bits per heavy atom. The van der Waals surface area contributed by atoms with Gasteiger partial charge in [0.1, 0.15) is 6.04 Å². The maximum atomic E-state index is 12.7. The summed E-state index contributed by atoms with van der Waals surface area (Å²) in [5.74, 6) is -1.51. The van der Waals surface area contributed by atoms with Gasteiger partial charge in [0, 0.05) is 11.8 Å². The standard InChI is InChI=1S/C22H23NO3/c24-21(14-8-2-1-3-9-14)23-20(22(25)26)19-17-12-6-4-10-15(17)16-11-5-7-13-18(16)19/h4-7,10-14,19-20H,1-3,8-9H2,(H,23,24)(H,25,26)/t20-/m0/s1. The van der Waals surface area contributed by atoms with Crippen LogP contribution in [0.3, 0.4) is 0 Å². The number of carboxylic acids is 1. The van der Waals surface area contributed by atoms with Crippen molar-refractivity contribution in [2.75, 3.05) is 0 Å². The first-order valence-electron chi connectivity index (χ1n) is 9.38. The van der Waals surface area contributed by atoms with Gasteiger partial charge < -0.3 is 10.4 Å². The van der Waals surface area contributed by atoms with Crippen LogP contribution in [0.15, 0.2) is 48.5 Å². The predicted octanol–water partition coefficient (Wildman–Crippen LogP) is 3.95. The smallest absolute Gasteiger partial charge is 0.327 e. The third kappa shape index (κ3) is 2.90. The minimum absolute atomic E-state index is 0.0579. The van der Waals surface area contributed by atoms with Crippen molar-refractivity contribution in [2.45, 2.75) is 44.1 Å². The van der Waals surface area contributed by atoms with Crippen molar-refractivity contribution in [1.82, 2.24) is 5.32 Å². The number of nitrogens with one attached hydrogen (secondary N) is 1. The number of hydrogen-bond donors (Lipinski definition) is 2. The highest BCUT2D eigenvalue weighted by Crippen LogP contribution is 2.46. The summed E-state index contributed by atoms with van der Waals surface area (Å²) in [7, 11) is 0. The molecule has 1 fully saturated rings. The van der Waals surface area contributed by atoms with Gasteiger partial charge in [0.15, 0.2) is 0 Å². The third-order valence-electron chi connectivity index (χ3n) is 5.75. The van der Waals surface area contributed by atoms with Gasteiger partial charge in [-0.05, 0) is 35.1 Å². The third-order valence-corrected chi connectivity index (χ3v) is 5.75. The summed E-state index contributed by atoms with van der Waals surface area (Å²) in [6, 6.07) is 14.8. The van der Waals surface area contributed by atoms with Gasteiger partial charge in [0.05, 0.1) is 0 Å². The van der Waals surface area contributed by atoms with Crippen molar-refractivity contribution < 1.29 is 14.7 Å². The molecule has 0 heterocycles. The second-order valence-electron chi connectivity index (χ2n) is 7.31. The first-order chi connectivity index (χ1) is 12.7. The summed E-state index contributed by atoms with van der Waals surface area (Å²) >= 11 is 0. The minimum atomic E-state index is -0.981. The number of rotatable bonds is 4. The van der Waals surface area contributed by atoms with E-state index in [1.807, 2.05) is 48.5 Å². The van der Waals surface area contributed by atoms with Gasteiger partial charge >= 0.3 is 5.97 Å². The number of benzene rings is 2. The van der Waals surface area contributed by atoms with E-state index in [0.29, 0.717) is 0 Å². The highest BCUT2D eigenvalue weighted by Gasteiger charge is 2.39. The molecular weight excluding hydrogens is 326 g/mol. The number of aliphatic carboxylic acids is 1. The monoisotopic (exact) mass is 349 g/mol. The van der Waals surface area contributed by atoms with E-state index in [1.54, 1.807) is 0 Å². The molecule has 1 atom stereocenters. The molecule has 0 aromatic heterocycles. The van der Waals surface area contributed by atoms with Gasteiger partial charge in [0.25, 0.3) is 0 Å². The molecule has 0 spiro atoms. The molecule has 26 heavy (non-hydrogen) atoms. The SMILES string of the molecule is O=C(N[C@H](C(=O)O)C1c2ccccc2-c2ccccc21)C1CCCCC1. The summed E-state index contributed by atoms with van der Waals surface area (Å²) in [5, 5.41) is 12.8. The lowest BCUT2D eigenvalue weighted by Crippen LogP contribution is -2.47. The van der Waals surface area contributed by atoms with Crippen molar-refractivity contribution in [2.24, 2.45) is 5.92 Å². The number of carbonyl (C=O) groups excluding carboxylic acids is 1. The number of amides is 1. The largest absolute Gasteiger partial charge is 0.480 e. The van der Waals surface area contributed by atoms with Crippen LogP contribution < -0.4 is 5.32 Å². The molecule has 4 heteroatoms. The first kappa shape index (κ1) is 16.8. The van der Waals surface area contributed by atoms with E-state index >= 15 is 0 Å². The molecule has 2 aromatic carbocycles. The van der Waals surface area contributed by atoms with Gasteiger partial charge in [-0.3, -0.25) is 4.79 Å². The first-order valence-corrected chi connectivity index (χ1v) is 9.38. The summed E-state index contributed by atoms with van der Waals surface area (Å²) in [5.41, 5.74) is 4.08. The quantitative estimate of drug-likeness (QED) is 0.878. The molecule has 1 saturated carbocycles. The average Bonchev–Trinajstić information content (AvgIpc) is 3.01. The van der Waals surface area contributed by atoms with Crippen LogP contribution in [0.2, 0.25) is 0 Å². The van der Waals surface area contributed by atoms with E-state index in [2.05, 4.69) is 5.32 Å². The van der Waals surface area contributed by atoms with Crippen molar-refractivity contribution in [3.05, 3.63) is 59.7 Å². The van der Waals surface area contributed by atoms with E-state index in [9.17, 15) is 14.7 Å². The van der Waals surface area contributed by atoms with Crippen LogP contribution in [0.5, 0.6) is 0 Å².